The number of allylic oxidation sites excluding steroid dienone is 3. The number of alkyl halides is 3. The number of aromatic nitrogens is 2. The highest BCUT2D eigenvalue weighted by Crippen LogP contribution is 2.37. The number of anilines is 1. The fourth-order valence-electron chi connectivity index (χ4n) is 6.17. The molecule has 2 saturated heterocycles. The first-order chi connectivity index (χ1) is 19.7. The van der Waals surface area contributed by atoms with E-state index in [1.165, 1.54) is 5.57 Å². The number of benzene rings is 1. The van der Waals surface area contributed by atoms with Crippen LogP contribution in [-0.4, -0.2) is 58.9 Å². The molecule has 2 amide bonds. The lowest BCUT2D eigenvalue weighted by atomic mass is 9.71. The first-order valence-electron chi connectivity index (χ1n) is 14.3. The van der Waals surface area contributed by atoms with Gasteiger partial charge in [0.25, 0.3) is 0 Å². The fourth-order valence-corrected chi connectivity index (χ4v) is 6.17. The van der Waals surface area contributed by atoms with Crippen molar-refractivity contribution in [2.45, 2.75) is 63.1 Å². The van der Waals surface area contributed by atoms with E-state index in [9.17, 15) is 22.8 Å². The Kier molecular flexibility index (Phi) is 8.47. The van der Waals surface area contributed by atoms with Crippen LogP contribution in [0.1, 0.15) is 56.7 Å². The molecule has 2 fully saturated rings. The summed E-state index contributed by atoms with van der Waals surface area (Å²) in [5.41, 5.74) is 0.477. The lowest BCUT2D eigenvalue weighted by Crippen LogP contribution is -2.55. The van der Waals surface area contributed by atoms with Crippen LogP contribution >= 0.6 is 0 Å². The number of halogens is 3. The molecule has 3 heterocycles. The first-order valence-corrected chi connectivity index (χ1v) is 14.3. The summed E-state index contributed by atoms with van der Waals surface area (Å²) in [5, 5.41) is 3.27. The third-order valence-corrected chi connectivity index (χ3v) is 8.70. The second-order valence-corrected chi connectivity index (χ2v) is 11.2. The number of carbonyl (C=O) groups is 2. The molecule has 218 valence electrons. The lowest BCUT2D eigenvalue weighted by molar-refractivity contribution is -0.141. The summed E-state index contributed by atoms with van der Waals surface area (Å²) in [6.45, 7) is 3.78. The highest BCUT2D eigenvalue weighted by atomic mass is 19.4. The molecule has 1 atom stereocenters. The lowest BCUT2D eigenvalue weighted by Gasteiger charge is -2.43. The molecular formula is C31H36F3N5O2. The van der Waals surface area contributed by atoms with Crippen molar-refractivity contribution in [3.8, 4) is 0 Å². The average Bonchev–Trinajstić information content (AvgIpc) is 3.01. The SMILES string of the molecule is C[C@H](NC(=O)C1(c2ccccc2)CCN(C(=O)C2CCN(c3nccc(C(F)(F)F)n3)CC2)CC1)C1=CC=CCC1. The van der Waals surface area contributed by atoms with Crippen molar-refractivity contribution in [2.24, 2.45) is 5.92 Å². The van der Waals surface area contributed by atoms with Gasteiger partial charge in [0, 0.05) is 44.3 Å². The molecule has 1 aromatic carbocycles. The zero-order valence-electron chi connectivity index (χ0n) is 23.2. The van der Waals surface area contributed by atoms with Crippen LogP contribution in [0.5, 0.6) is 0 Å². The Labute approximate surface area is 238 Å². The number of carbonyl (C=O) groups excluding carboxylic acids is 2. The van der Waals surface area contributed by atoms with Gasteiger partial charge in [-0.2, -0.15) is 13.2 Å². The van der Waals surface area contributed by atoms with Gasteiger partial charge in [0.2, 0.25) is 17.8 Å². The Hall–Kier alpha value is -3.69. The molecule has 2 aliphatic heterocycles. The molecule has 0 unspecified atom stereocenters. The quantitative estimate of drug-likeness (QED) is 0.529. The zero-order chi connectivity index (χ0) is 29.0. The van der Waals surface area contributed by atoms with Gasteiger partial charge in [-0.3, -0.25) is 9.59 Å². The Bertz CT molecular complexity index is 1290. The van der Waals surface area contributed by atoms with Crippen LogP contribution in [0, 0.1) is 5.92 Å². The predicted octanol–water partition coefficient (Wildman–Crippen LogP) is 5.05. The molecule has 41 heavy (non-hydrogen) atoms. The van der Waals surface area contributed by atoms with E-state index in [0.717, 1.165) is 30.7 Å². The van der Waals surface area contributed by atoms with Crippen molar-refractivity contribution < 1.29 is 22.8 Å². The summed E-state index contributed by atoms with van der Waals surface area (Å²) in [6.07, 6.45) is 6.80. The van der Waals surface area contributed by atoms with E-state index < -0.39 is 17.3 Å². The van der Waals surface area contributed by atoms with Gasteiger partial charge >= 0.3 is 6.18 Å². The molecule has 1 aromatic heterocycles. The van der Waals surface area contributed by atoms with Crippen molar-refractivity contribution in [1.29, 1.82) is 0 Å². The Morgan fingerprint density at radius 3 is 2.39 bits per heavy atom. The van der Waals surface area contributed by atoms with Crippen molar-refractivity contribution in [3.05, 3.63) is 77.7 Å². The molecular weight excluding hydrogens is 531 g/mol. The normalized spacial score (nSPS) is 20.3. The largest absolute Gasteiger partial charge is 0.433 e. The van der Waals surface area contributed by atoms with E-state index in [4.69, 9.17) is 0 Å². The van der Waals surface area contributed by atoms with Crippen molar-refractivity contribution in [2.75, 3.05) is 31.1 Å². The van der Waals surface area contributed by atoms with Gasteiger partial charge in [-0.05, 0) is 62.7 Å². The monoisotopic (exact) mass is 567 g/mol. The second kappa shape index (κ2) is 12.0. The predicted molar refractivity (Wildman–Crippen MR) is 150 cm³/mol. The molecule has 0 saturated carbocycles. The molecule has 10 heteroatoms. The van der Waals surface area contributed by atoms with Crippen LogP contribution in [0.3, 0.4) is 0 Å². The Balaban J connectivity index is 1.22. The molecule has 7 nitrogen and oxygen atoms in total. The minimum atomic E-state index is -4.53. The Morgan fingerprint density at radius 1 is 1.05 bits per heavy atom. The van der Waals surface area contributed by atoms with E-state index in [1.807, 2.05) is 48.2 Å². The summed E-state index contributed by atoms with van der Waals surface area (Å²) in [4.78, 5) is 38.6. The van der Waals surface area contributed by atoms with Gasteiger partial charge in [-0.15, -0.1) is 0 Å². The Morgan fingerprint density at radius 2 is 1.76 bits per heavy atom. The number of hydrogen-bond acceptors (Lipinski definition) is 5. The standard InChI is InChI=1S/C31H36F3N5O2/c1-22(23-8-4-2-5-9-23)36-28(41)30(25-10-6-3-7-11-25)15-20-38(21-16-30)27(40)24-13-18-39(19-14-24)29-35-17-12-26(37-29)31(32,33)34/h2-4,6-8,10-12,17,22,24H,5,9,13-16,18-21H2,1H3,(H,36,41)/t22-/m0/s1. The zero-order valence-corrected chi connectivity index (χ0v) is 23.2. The van der Waals surface area contributed by atoms with E-state index in [0.29, 0.717) is 51.9 Å². The van der Waals surface area contributed by atoms with Crippen LogP contribution in [0.25, 0.3) is 0 Å². The molecule has 5 rings (SSSR count). The number of nitrogens with zero attached hydrogens (tertiary/aromatic N) is 4. The minimum Gasteiger partial charge on any atom is -0.349 e. The van der Waals surface area contributed by atoms with Crippen molar-refractivity contribution in [3.63, 3.8) is 0 Å². The van der Waals surface area contributed by atoms with E-state index in [-0.39, 0.29) is 29.7 Å². The van der Waals surface area contributed by atoms with Gasteiger partial charge in [0.1, 0.15) is 5.69 Å². The summed E-state index contributed by atoms with van der Waals surface area (Å²) < 4.78 is 39.2. The topological polar surface area (TPSA) is 78.4 Å². The third kappa shape index (κ3) is 6.31. The number of nitrogens with one attached hydrogen (secondary N) is 1. The maximum atomic E-state index is 13.9. The first kappa shape index (κ1) is 28.8. The van der Waals surface area contributed by atoms with Gasteiger partial charge in [-0.25, -0.2) is 9.97 Å². The molecule has 1 N–H and O–H groups in total. The highest BCUT2D eigenvalue weighted by Gasteiger charge is 2.45. The maximum Gasteiger partial charge on any atom is 0.433 e. The molecule has 0 bridgehead atoms. The van der Waals surface area contributed by atoms with Crippen LogP contribution in [0.2, 0.25) is 0 Å². The van der Waals surface area contributed by atoms with Crippen LogP contribution < -0.4 is 10.2 Å². The van der Waals surface area contributed by atoms with Crippen LogP contribution in [-0.2, 0) is 21.2 Å². The van der Waals surface area contributed by atoms with Gasteiger partial charge in [-0.1, -0.05) is 48.6 Å². The number of hydrogen-bond donors (Lipinski definition) is 1. The third-order valence-electron chi connectivity index (χ3n) is 8.70. The fraction of sp³-hybridized carbons (Fsp3) is 0.484. The van der Waals surface area contributed by atoms with Crippen LogP contribution in [0.15, 0.2) is 66.4 Å². The molecule has 1 aliphatic carbocycles. The minimum absolute atomic E-state index is 0.00634. The molecule has 0 radical (unpaired) electrons. The van der Waals surface area contributed by atoms with E-state index >= 15 is 0 Å². The van der Waals surface area contributed by atoms with E-state index in [2.05, 4.69) is 27.4 Å². The molecule has 0 spiro atoms. The number of piperidine rings is 2. The molecule has 2 aromatic rings. The van der Waals surface area contributed by atoms with Gasteiger partial charge in [0.15, 0.2) is 0 Å². The summed E-state index contributed by atoms with van der Waals surface area (Å²) in [6, 6.07) is 10.6. The molecule has 3 aliphatic rings. The summed E-state index contributed by atoms with van der Waals surface area (Å²) >= 11 is 0. The number of likely N-dealkylation sites (tertiary alicyclic amines) is 1. The number of amides is 2. The van der Waals surface area contributed by atoms with Crippen LogP contribution in [0.4, 0.5) is 19.1 Å². The smallest absolute Gasteiger partial charge is 0.349 e. The average molecular weight is 568 g/mol. The summed E-state index contributed by atoms with van der Waals surface area (Å²) in [5.74, 6) is -0.143. The van der Waals surface area contributed by atoms with Crippen molar-refractivity contribution >= 4 is 17.8 Å². The maximum absolute atomic E-state index is 13.9. The number of rotatable bonds is 6. The van der Waals surface area contributed by atoms with E-state index in [1.54, 1.807) is 4.90 Å². The van der Waals surface area contributed by atoms with Gasteiger partial charge in [0.05, 0.1) is 5.41 Å². The van der Waals surface area contributed by atoms with Gasteiger partial charge < -0.3 is 15.1 Å². The highest BCUT2D eigenvalue weighted by molar-refractivity contribution is 5.89. The second-order valence-electron chi connectivity index (χ2n) is 11.2. The summed E-state index contributed by atoms with van der Waals surface area (Å²) in [7, 11) is 0. The van der Waals surface area contributed by atoms with Crippen molar-refractivity contribution in [1.82, 2.24) is 20.2 Å².